The van der Waals surface area contributed by atoms with Crippen molar-refractivity contribution in [2.45, 2.75) is 33.0 Å². The first-order chi connectivity index (χ1) is 7.88. The highest BCUT2D eigenvalue weighted by Crippen LogP contribution is 2.25. The van der Waals surface area contributed by atoms with Crippen LogP contribution in [0, 0.1) is 11.7 Å². The van der Waals surface area contributed by atoms with E-state index < -0.39 is 11.4 Å². The molecule has 96 valence electrons. The monoisotopic (exact) mass is 242 g/mol. The lowest BCUT2D eigenvalue weighted by molar-refractivity contribution is -0.0279. The number of aliphatic hydroxyl groups excluding tert-OH is 1. The molecule has 1 rings (SSSR count). The summed E-state index contributed by atoms with van der Waals surface area (Å²) in [4.78, 5) is 0. The lowest BCUT2D eigenvalue weighted by Gasteiger charge is -2.28. The highest BCUT2D eigenvalue weighted by Gasteiger charge is 2.26. The summed E-state index contributed by atoms with van der Waals surface area (Å²) in [6.45, 7) is 5.04. The van der Waals surface area contributed by atoms with Gasteiger partial charge >= 0.3 is 0 Å². The van der Waals surface area contributed by atoms with E-state index in [4.69, 9.17) is 9.84 Å². The molecule has 0 saturated heterocycles. The third kappa shape index (κ3) is 3.41. The molecule has 2 N–H and O–H groups in total. The molecule has 17 heavy (non-hydrogen) atoms. The summed E-state index contributed by atoms with van der Waals surface area (Å²) < 4.78 is 18.8. The Morgan fingerprint density at radius 1 is 1.41 bits per heavy atom. The molecule has 0 spiro atoms. The van der Waals surface area contributed by atoms with Crippen molar-refractivity contribution in [3.05, 3.63) is 29.6 Å². The van der Waals surface area contributed by atoms with Gasteiger partial charge in [-0.15, -0.1) is 0 Å². The van der Waals surface area contributed by atoms with Crippen LogP contribution < -0.4 is 4.74 Å². The molecule has 0 aliphatic heterocycles. The molecular formula is C13H19FO3. The third-order valence-electron chi connectivity index (χ3n) is 2.97. The molecule has 0 aliphatic carbocycles. The van der Waals surface area contributed by atoms with Crippen LogP contribution in [-0.2, 0) is 6.61 Å². The van der Waals surface area contributed by atoms with Crippen LogP contribution in [0.4, 0.5) is 4.39 Å². The normalized spacial score (nSPS) is 14.8. The van der Waals surface area contributed by atoms with Gasteiger partial charge in [0.05, 0.1) is 12.2 Å². The molecule has 0 heterocycles. The van der Waals surface area contributed by atoms with Gasteiger partial charge in [-0.3, -0.25) is 0 Å². The van der Waals surface area contributed by atoms with Gasteiger partial charge in [0.15, 0.2) is 11.6 Å². The summed E-state index contributed by atoms with van der Waals surface area (Å²) in [5.41, 5.74) is -0.654. The predicted octanol–water partition coefficient (Wildman–Crippen LogP) is 2.10. The fourth-order valence-electron chi connectivity index (χ4n) is 1.22. The summed E-state index contributed by atoms with van der Waals surface area (Å²) in [5.74, 6) is -0.529. The number of hydrogen-bond donors (Lipinski definition) is 2. The zero-order valence-electron chi connectivity index (χ0n) is 10.4. The first-order valence-corrected chi connectivity index (χ1v) is 5.62. The molecule has 0 fully saturated rings. The van der Waals surface area contributed by atoms with Gasteiger partial charge in [-0.1, -0.05) is 26.0 Å². The Kier molecular flexibility index (Phi) is 4.48. The topological polar surface area (TPSA) is 49.7 Å². The summed E-state index contributed by atoms with van der Waals surface area (Å²) in [6, 6.07) is 4.36. The predicted molar refractivity (Wildman–Crippen MR) is 63.3 cm³/mol. The molecule has 0 radical (unpaired) electrons. The van der Waals surface area contributed by atoms with E-state index >= 15 is 0 Å². The number of aliphatic hydroxyl groups is 2. The molecule has 0 amide bonds. The Bertz CT molecular complexity index is 375. The summed E-state index contributed by atoms with van der Waals surface area (Å²) in [6.07, 6.45) is 0. The minimum atomic E-state index is -1.03. The van der Waals surface area contributed by atoms with Crippen molar-refractivity contribution in [2.24, 2.45) is 5.92 Å². The van der Waals surface area contributed by atoms with E-state index in [-0.39, 0.29) is 24.9 Å². The van der Waals surface area contributed by atoms with Gasteiger partial charge in [0.1, 0.15) is 6.61 Å². The minimum absolute atomic E-state index is 0.00755. The maximum atomic E-state index is 13.5. The molecule has 0 aliphatic rings. The second-order valence-electron chi connectivity index (χ2n) is 4.69. The van der Waals surface area contributed by atoms with Crippen LogP contribution in [0.1, 0.15) is 26.3 Å². The zero-order chi connectivity index (χ0) is 13.1. The molecular weight excluding hydrogens is 223 g/mol. The van der Waals surface area contributed by atoms with Crippen molar-refractivity contribution in [3.8, 4) is 5.75 Å². The summed E-state index contributed by atoms with van der Waals surface area (Å²) in [5, 5.41) is 19.1. The van der Waals surface area contributed by atoms with Crippen LogP contribution in [0.5, 0.6) is 5.75 Å². The van der Waals surface area contributed by atoms with Gasteiger partial charge < -0.3 is 14.9 Å². The molecule has 3 nitrogen and oxygen atoms in total. The molecule has 1 unspecified atom stereocenters. The largest absolute Gasteiger partial charge is 0.487 e. The van der Waals surface area contributed by atoms with Crippen molar-refractivity contribution in [1.82, 2.24) is 0 Å². The van der Waals surface area contributed by atoms with E-state index in [1.807, 2.05) is 13.8 Å². The first kappa shape index (κ1) is 13.9. The van der Waals surface area contributed by atoms with Crippen molar-refractivity contribution in [3.63, 3.8) is 0 Å². The number of ether oxygens (including phenoxy) is 1. The lowest BCUT2D eigenvalue weighted by atomic mass is 9.94. The van der Waals surface area contributed by atoms with Crippen molar-refractivity contribution in [2.75, 3.05) is 6.61 Å². The second-order valence-corrected chi connectivity index (χ2v) is 4.69. The van der Waals surface area contributed by atoms with Crippen LogP contribution in [-0.4, -0.2) is 22.4 Å². The van der Waals surface area contributed by atoms with Gasteiger partial charge in [-0.2, -0.15) is 0 Å². The maximum absolute atomic E-state index is 13.5. The molecule has 1 aromatic carbocycles. The van der Waals surface area contributed by atoms with E-state index in [9.17, 15) is 9.50 Å². The van der Waals surface area contributed by atoms with Gasteiger partial charge in [0, 0.05) is 5.56 Å². The average Bonchev–Trinajstić information content (AvgIpc) is 2.26. The Hall–Kier alpha value is -1.13. The van der Waals surface area contributed by atoms with E-state index in [0.717, 1.165) is 0 Å². The quantitative estimate of drug-likeness (QED) is 0.831. The molecule has 1 aromatic rings. The van der Waals surface area contributed by atoms with Gasteiger partial charge in [-0.05, 0) is 18.9 Å². The number of para-hydroxylation sites is 1. The Balaban J connectivity index is 2.82. The Morgan fingerprint density at radius 3 is 2.59 bits per heavy atom. The number of hydrogen-bond acceptors (Lipinski definition) is 3. The van der Waals surface area contributed by atoms with E-state index in [2.05, 4.69) is 0 Å². The molecule has 0 aromatic heterocycles. The Morgan fingerprint density at radius 2 is 2.06 bits per heavy atom. The number of halogens is 1. The third-order valence-corrected chi connectivity index (χ3v) is 2.97. The summed E-state index contributed by atoms with van der Waals surface area (Å²) >= 11 is 0. The SMILES string of the molecule is CC(C)C(C)(O)COc1c(F)cccc1CO. The fourth-order valence-corrected chi connectivity index (χ4v) is 1.22. The van der Waals surface area contributed by atoms with Crippen molar-refractivity contribution in [1.29, 1.82) is 0 Å². The standard InChI is InChI=1S/C13H19FO3/c1-9(2)13(3,16)8-17-12-10(7-15)5-4-6-11(12)14/h4-6,9,15-16H,7-8H2,1-3H3. The maximum Gasteiger partial charge on any atom is 0.165 e. The highest BCUT2D eigenvalue weighted by atomic mass is 19.1. The van der Waals surface area contributed by atoms with Crippen LogP contribution in [0.3, 0.4) is 0 Å². The zero-order valence-corrected chi connectivity index (χ0v) is 10.4. The van der Waals surface area contributed by atoms with Crippen LogP contribution in [0.15, 0.2) is 18.2 Å². The smallest absolute Gasteiger partial charge is 0.165 e. The molecule has 4 heteroatoms. The fraction of sp³-hybridized carbons (Fsp3) is 0.538. The van der Waals surface area contributed by atoms with Crippen LogP contribution in [0.25, 0.3) is 0 Å². The average molecular weight is 242 g/mol. The van der Waals surface area contributed by atoms with Gasteiger partial charge in [-0.25, -0.2) is 4.39 Å². The lowest BCUT2D eigenvalue weighted by Crippen LogP contribution is -2.38. The van der Waals surface area contributed by atoms with E-state index in [0.29, 0.717) is 5.56 Å². The minimum Gasteiger partial charge on any atom is -0.487 e. The molecule has 0 saturated carbocycles. The van der Waals surface area contributed by atoms with Crippen LogP contribution >= 0.6 is 0 Å². The highest BCUT2D eigenvalue weighted by molar-refractivity contribution is 5.34. The summed E-state index contributed by atoms with van der Waals surface area (Å²) in [7, 11) is 0. The van der Waals surface area contributed by atoms with E-state index in [1.165, 1.54) is 12.1 Å². The van der Waals surface area contributed by atoms with Gasteiger partial charge in [0.25, 0.3) is 0 Å². The number of rotatable bonds is 5. The van der Waals surface area contributed by atoms with Crippen molar-refractivity contribution < 1.29 is 19.3 Å². The molecule has 1 atom stereocenters. The molecule has 0 bridgehead atoms. The van der Waals surface area contributed by atoms with Gasteiger partial charge in [0.2, 0.25) is 0 Å². The van der Waals surface area contributed by atoms with Crippen molar-refractivity contribution >= 4 is 0 Å². The first-order valence-electron chi connectivity index (χ1n) is 5.62. The van der Waals surface area contributed by atoms with E-state index in [1.54, 1.807) is 13.0 Å². The second kappa shape index (κ2) is 5.47. The Labute approximate surface area is 101 Å². The number of benzene rings is 1. The van der Waals surface area contributed by atoms with Crippen LogP contribution in [0.2, 0.25) is 0 Å².